The maximum atomic E-state index is 7.17. The van der Waals surface area contributed by atoms with Gasteiger partial charge in [0.2, 0.25) is 0 Å². The van der Waals surface area contributed by atoms with Gasteiger partial charge in [-0.2, -0.15) is 13.5 Å². The van der Waals surface area contributed by atoms with E-state index in [0.717, 1.165) is 0 Å². The van der Waals surface area contributed by atoms with Crippen molar-refractivity contribution in [1.29, 1.82) is 0 Å². The fourth-order valence-corrected chi connectivity index (χ4v) is 0. The van der Waals surface area contributed by atoms with Gasteiger partial charge in [-0.1, -0.05) is 7.43 Å². The number of rotatable bonds is 0. The molecule has 0 spiro atoms. The van der Waals surface area contributed by atoms with E-state index in [1.165, 1.54) is 0 Å². The summed E-state index contributed by atoms with van der Waals surface area (Å²) >= 11 is 0. The molecule has 0 aliphatic rings. The maximum Gasteiger partial charge on any atom is 0.631 e. The molecule has 7 heavy (non-hydrogen) atoms. The molecule has 0 aromatic carbocycles. The molecule has 0 aromatic rings. The summed E-state index contributed by atoms with van der Waals surface area (Å²) in [5, 5.41) is 21.5. The summed E-state index contributed by atoms with van der Waals surface area (Å²) in [6.07, 6.45) is 0. The minimum Gasteiger partial charge on any atom is -0.402 e. The van der Waals surface area contributed by atoms with Gasteiger partial charge in [0.05, 0.1) is 0 Å². The van der Waals surface area contributed by atoms with E-state index in [2.05, 4.69) is 0 Å². The van der Waals surface area contributed by atoms with Crippen LogP contribution in [0.15, 0.2) is 0 Å². The van der Waals surface area contributed by atoms with Crippen LogP contribution < -0.4 is 0 Å². The second-order valence-corrected chi connectivity index (χ2v) is 0.346. The molecular formula is CH9BCuO3S. The van der Waals surface area contributed by atoms with Crippen molar-refractivity contribution in [3.8, 4) is 0 Å². The van der Waals surface area contributed by atoms with Crippen molar-refractivity contribution in [2.24, 2.45) is 0 Å². The summed E-state index contributed by atoms with van der Waals surface area (Å²) in [5.41, 5.74) is 0. The smallest absolute Gasteiger partial charge is 0.402 e. The topological polar surface area (TPSA) is 60.7 Å². The molecule has 0 rings (SSSR count). The first kappa shape index (κ1) is 24.9. The van der Waals surface area contributed by atoms with Crippen molar-refractivity contribution in [1.82, 2.24) is 0 Å². The molecule has 3 nitrogen and oxygen atoms in total. The van der Waals surface area contributed by atoms with Crippen LogP contribution in [0.1, 0.15) is 7.43 Å². The van der Waals surface area contributed by atoms with Gasteiger partial charge in [0, 0.05) is 17.1 Å². The van der Waals surface area contributed by atoms with Crippen LogP contribution in [0.4, 0.5) is 0 Å². The van der Waals surface area contributed by atoms with E-state index in [1.54, 1.807) is 0 Å². The third-order valence-electron chi connectivity index (χ3n) is 0. The largest absolute Gasteiger partial charge is 0.631 e. The SMILES string of the molecule is C.OB(O)O.S.[Cu]. The van der Waals surface area contributed by atoms with Gasteiger partial charge < -0.3 is 15.1 Å². The molecule has 0 atom stereocenters. The summed E-state index contributed by atoms with van der Waals surface area (Å²) in [6.45, 7) is 0. The third kappa shape index (κ3) is 238. The van der Waals surface area contributed by atoms with Crippen LogP contribution in [0.2, 0.25) is 0 Å². The van der Waals surface area contributed by atoms with Crippen LogP contribution >= 0.6 is 13.5 Å². The molecule has 0 heterocycles. The minimum absolute atomic E-state index is 0. The normalized spacial score (nSPS) is 3.86. The van der Waals surface area contributed by atoms with Gasteiger partial charge in [0.25, 0.3) is 0 Å². The first-order valence-corrected chi connectivity index (χ1v) is 0.775. The quantitative estimate of drug-likeness (QED) is 0.401. The van der Waals surface area contributed by atoms with E-state index in [1.807, 2.05) is 0 Å². The van der Waals surface area contributed by atoms with Gasteiger partial charge in [-0.15, -0.1) is 0 Å². The van der Waals surface area contributed by atoms with Crippen molar-refractivity contribution in [3.63, 3.8) is 0 Å². The standard InChI is InChI=1S/CH4.BH3O3.Cu.H2S/c;2-1(3)4;;/h1H4;2-4H;;1H2. The Kier molecular flexibility index (Phi) is 56.4. The minimum atomic E-state index is -2.17. The van der Waals surface area contributed by atoms with Gasteiger partial charge in [0.15, 0.2) is 0 Å². The Morgan fingerprint density at radius 2 is 1.00 bits per heavy atom. The maximum absolute atomic E-state index is 7.17. The Hall–Kier alpha value is 0.814. The number of hydrogen-bond acceptors (Lipinski definition) is 3. The van der Waals surface area contributed by atoms with Crippen molar-refractivity contribution < 1.29 is 32.1 Å². The van der Waals surface area contributed by atoms with E-state index < -0.39 is 7.32 Å². The summed E-state index contributed by atoms with van der Waals surface area (Å²) < 4.78 is 0. The van der Waals surface area contributed by atoms with Crippen molar-refractivity contribution >= 4 is 20.8 Å². The summed E-state index contributed by atoms with van der Waals surface area (Å²) in [6, 6.07) is 0. The zero-order chi connectivity index (χ0) is 3.58. The molecule has 0 aliphatic carbocycles. The zero-order valence-electron chi connectivity index (χ0n) is 2.72. The monoisotopic (exact) mass is 175 g/mol. The zero-order valence-corrected chi connectivity index (χ0v) is 4.66. The van der Waals surface area contributed by atoms with Crippen LogP contribution in [0.5, 0.6) is 0 Å². The predicted molar refractivity (Wildman–Crippen MR) is 29.5 cm³/mol. The Labute approximate surface area is 60.8 Å². The first-order chi connectivity index (χ1) is 1.73. The van der Waals surface area contributed by atoms with Crippen LogP contribution in [-0.4, -0.2) is 22.4 Å². The molecule has 0 saturated carbocycles. The summed E-state index contributed by atoms with van der Waals surface area (Å²) in [7, 11) is -2.17. The first-order valence-electron chi connectivity index (χ1n) is 0.775. The van der Waals surface area contributed by atoms with Crippen LogP contribution in [-0.2, 0) is 17.1 Å². The van der Waals surface area contributed by atoms with Gasteiger partial charge in [0.1, 0.15) is 0 Å². The Morgan fingerprint density at radius 3 is 1.00 bits per heavy atom. The van der Waals surface area contributed by atoms with E-state index in [0.29, 0.717) is 0 Å². The molecule has 0 aliphatic heterocycles. The van der Waals surface area contributed by atoms with Crippen molar-refractivity contribution in [2.75, 3.05) is 0 Å². The molecule has 1 radical (unpaired) electrons. The van der Waals surface area contributed by atoms with E-state index in [4.69, 9.17) is 15.1 Å². The van der Waals surface area contributed by atoms with E-state index in [9.17, 15) is 0 Å². The predicted octanol–water partition coefficient (Wildman–Crippen LogP) is -1.31. The third-order valence-corrected chi connectivity index (χ3v) is 0. The second-order valence-electron chi connectivity index (χ2n) is 0.346. The molecule has 0 saturated heterocycles. The van der Waals surface area contributed by atoms with E-state index in [-0.39, 0.29) is 38.0 Å². The molecule has 0 unspecified atom stereocenters. The Bertz CT molecular complexity index is 19.7. The van der Waals surface area contributed by atoms with E-state index >= 15 is 0 Å². The molecule has 0 aromatic heterocycles. The van der Waals surface area contributed by atoms with Gasteiger partial charge in [-0.25, -0.2) is 0 Å². The molecular weight excluding hydrogens is 166 g/mol. The van der Waals surface area contributed by atoms with Crippen molar-refractivity contribution in [3.05, 3.63) is 0 Å². The average Bonchev–Trinajstić information content (AvgIpc) is 0.811. The average molecular weight is 176 g/mol. The number of hydrogen-bond donors (Lipinski definition) is 3. The summed E-state index contributed by atoms with van der Waals surface area (Å²) in [5.74, 6) is 0. The molecule has 0 fully saturated rings. The van der Waals surface area contributed by atoms with Gasteiger partial charge >= 0.3 is 7.32 Å². The Balaban J connectivity index is -0.0000000150. The summed E-state index contributed by atoms with van der Waals surface area (Å²) in [4.78, 5) is 0. The van der Waals surface area contributed by atoms with Gasteiger partial charge in [-0.05, 0) is 0 Å². The van der Waals surface area contributed by atoms with Crippen LogP contribution in [0, 0.1) is 0 Å². The fraction of sp³-hybridized carbons (Fsp3) is 1.00. The molecule has 3 N–H and O–H groups in total. The molecule has 0 bridgehead atoms. The Morgan fingerprint density at radius 1 is 1.00 bits per heavy atom. The molecule has 51 valence electrons. The van der Waals surface area contributed by atoms with Crippen LogP contribution in [0.25, 0.3) is 0 Å². The fourth-order valence-electron chi connectivity index (χ4n) is 0. The van der Waals surface area contributed by atoms with Crippen molar-refractivity contribution in [2.45, 2.75) is 7.43 Å². The van der Waals surface area contributed by atoms with Gasteiger partial charge in [-0.3, -0.25) is 0 Å². The van der Waals surface area contributed by atoms with Crippen LogP contribution in [0.3, 0.4) is 0 Å². The molecule has 0 amide bonds. The molecule has 6 heteroatoms. The second kappa shape index (κ2) is 15.8.